The molecule has 3 N–H and O–H groups in total. The third kappa shape index (κ3) is 1.57. The Kier molecular flexibility index (Phi) is 2.66. The molecule has 1 unspecified atom stereocenters. The number of carbonyl (C=O) groups is 1. The van der Waals surface area contributed by atoms with Crippen LogP contribution < -0.4 is 10.5 Å². The SMILES string of the molecule is COc1c(C(=O)C(C)N)ccc2[nH]ccc12. The number of Topliss-reactive ketones (excluding diaryl/α,β-unsaturated/α-hetero) is 1. The van der Waals surface area contributed by atoms with Crippen LogP contribution in [0.3, 0.4) is 0 Å². The maximum atomic E-state index is 11.9. The van der Waals surface area contributed by atoms with E-state index in [9.17, 15) is 4.79 Å². The van der Waals surface area contributed by atoms with Gasteiger partial charge in [-0.2, -0.15) is 0 Å². The molecular formula is C12H14N2O2. The summed E-state index contributed by atoms with van der Waals surface area (Å²) in [6, 6.07) is 4.95. The molecule has 1 atom stereocenters. The number of hydrogen-bond donors (Lipinski definition) is 2. The van der Waals surface area contributed by atoms with Crippen molar-refractivity contribution in [3.05, 3.63) is 30.0 Å². The number of methoxy groups -OCH3 is 1. The number of rotatable bonds is 3. The molecule has 0 spiro atoms. The van der Waals surface area contributed by atoms with Gasteiger partial charge in [0.05, 0.1) is 18.7 Å². The van der Waals surface area contributed by atoms with Gasteiger partial charge in [0.1, 0.15) is 5.75 Å². The summed E-state index contributed by atoms with van der Waals surface area (Å²) >= 11 is 0. The second-order valence-electron chi connectivity index (χ2n) is 3.74. The van der Waals surface area contributed by atoms with Crippen LogP contribution in [0.5, 0.6) is 5.75 Å². The molecule has 1 aromatic heterocycles. The van der Waals surface area contributed by atoms with E-state index in [0.717, 1.165) is 10.9 Å². The Morgan fingerprint density at radius 2 is 2.19 bits per heavy atom. The van der Waals surface area contributed by atoms with Crippen LogP contribution in [0.4, 0.5) is 0 Å². The monoisotopic (exact) mass is 218 g/mol. The van der Waals surface area contributed by atoms with Crippen LogP contribution >= 0.6 is 0 Å². The number of nitrogens with one attached hydrogen (secondary N) is 1. The van der Waals surface area contributed by atoms with Crippen LogP contribution in [0.25, 0.3) is 10.9 Å². The first-order valence-electron chi connectivity index (χ1n) is 5.09. The largest absolute Gasteiger partial charge is 0.495 e. The normalized spacial score (nSPS) is 12.7. The van der Waals surface area contributed by atoms with Gasteiger partial charge in [0.25, 0.3) is 0 Å². The molecule has 0 bridgehead atoms. The zero-order valence-electron chi connectivity index (χ0n) is 9.28. The standard InChI is InChI=1S/C12H14N2O2/c1-7(13)11(15)9-3-4-10-8(5-6-14-10)12(9)16-2/h3-7,14H,13H2,1-2H3. The minimum Gasteiger partial charge on any atom is -0.495 e. The van der Waals surface area contributed by atoms with Gasteiger partial charge in [-0.05, 0) is 25.1 Å². The summed E-state index contributed by atoms with van der Waals surface area (Å²) in [6.07, 6.45) is 1.81. The van der Waals surface area contributed by atoms with E-state index in [1.54, 1.807) is 20.1 Å². The lowest BCUT2D eigenvalue weighted by atomic mass is 10.0. The second kappa shape index (κ2) is 3.98. The van der Waals surface area contributed by atoms with Gasteiger partial charge in [-0.25, -0.2) is 0 Å². The van der Waals surface area contributed by atoms with E-state index >= 15 is 0 Å². The van der Waals surface area contributed by atoms with E-state index in [0.29, 0.717) is 11.3 Å². The maximum Gasteiger partial charge on any atom is 0.182 e. The van der Waals surface area contributed by atoms with E-state index in [2.05, 4.69) is 4.98 Å². The molecule has 4 nitrogen and oxygen atoms in total. The molecule has 2 rings (SSSR count). The van der Waals surface area contributed by atoms with E-state index in [1.807, 2.05) is 18.3 Å². The first kappa shape index (κ1) is 10.7. The lowest BCUT2D eigenvalue weighted by Crippen LogP contribution is -2.27. The van der Waals surface area contributed by atoms with Gasteiger partial charge in [0, 0.05) is 17.1 Å². The van der Waals surface area contributed by atoms with Crippen molar-refractivity contribution in [3.63, 3.8) is 0 Å². The second-order valence-corrected chi connectivity index (χ2v) is 3.74. The lowest BCUT2D eigenvalue weighted by Gasteiger charge is -2.10. The Morgan fingerprint density at radius 3 is 2.81 bits per heavy atom. The molecule has 0 aliphatic heterocycles. The number of fused-ring (bicyclic) bond motifs is 1. The van der Waals surface area contributed by atoms with Gasteiger partial charge in [-0.15, -0.1) is 0 Å². The summed E-state index contributed by atoms with van der Waals surface area (Å²) in [7, 11) is 1.56. The van der Waals surface area contributed by atoms with Crippen molar-refractivity contribution in [2.45, 2.75) is 13.0 Å². The third-order valence-corrected chi connectivity index (χ3v) is 2.57. The molecule has 0 fully saturated rings. The quantitative estimate of drug-likeness (QED) is 0.770. The van der Waals surface area contributed by atoms with Crippen molar-refractivity contribution in [2.75, 3.05) is 7.11 Å². The van der Waals surface area contributed by atoms with Crippen LogP contribution in [0.2, 0.25) is 0 Å². The topological polar surface area (TPSA) is 68.1 Å². The molecule has 2 aromatic rings. The highest BCUT2D eigenvalue weighted by atomic mass is 16.5. The van der Waals surface area contributed by atoms with Gasteiger partial charge >= 0.3 is 0 Å². The minimum atomic E-state index is -0.523. The summed E-state index contributed by atoms with van der Waals surface area (Å²) in [5, 5.41) is 0.897. The average Bonchev–Trinajstić information content (AvgIpc) is 2.74. The van der Waals surface area contributed by atoms with E-state index < -0.39 is 6.04 Å². The Bertz CT molecular complexity index is 529. The van der Waals surface area contributed by atoms with Gasteiger partial charge in [-0.1, -0.05) is 0 Å². The number of aromatic nitrogens is 1. The number of aromatic amines is 1. The number of carbonyl (C=O) groups excluding carboxylic acids is 1. The van der Waals surface area contributed by atoms with Crippen molar-refractivity contribution < 1.29 is 9.53 Å². The van der Waals surface area contributed by atoms with Gasteiger partial charge < -0.3 is 15.5 Å². The Labute approximate surface area is 93.4 Å². The molecule has 0 aliphatic rings. The molecule has 16 heavy (non-hydrogen) atoms. The summed E-state index contributed by atoms with van der Waals surface area (Å²) in [6.45, 7) is 1.67. The fourth-order valence-electron chi connectivity index (χ4n) is 1.76. The molecule has 0 saturated carbocycles. The van der Waals surface area contributed by atoms with Crippen LogP contribution in [0, 0.1) is 0 Å². The Morgan fingerprint density at radius 1 is 1.44 bits per heavy atom. The number of hydrogen-bond acceptors (Lipinski definition) is 3. The average molecular weight is 218 g/mol. The number of H-pyrrole nitrogens is 1. The highest BCUT2D eigenvalue weighted by molar-refractivity contribution is 6.06. The van der Waals surface area contributed by atoms with E-state index in [-0.39, 0.29) is 5.78 Å². The fourth-order valence-corrected chi connectivity index (χ4v) is 1.76. The van der Waals surface area contributed by atoms with Crippen LogP contribution in [-0.4, -0.2) is 23.9 Å². The molecule has 0 radical (unpaired) electrons. The van der Waals surface area contributed by atoms with Gasteiger partial charge in [0.15, 0.2) is 5.78 Å². The van der Waals surface area contributed by atoms with Crippen LogP contribution in [0.15, 0.2) is 24.4 Å². The summed E-state index contributed by atoms with van der Waals surface area (Å²) < 4.78 is 5.29. The maximum absolute atomic E-state index is 11.9. The molecular weight excluding hydrogens is 204 g/mol. The van der Waals surface area contributed by atoms with Crippen LogP contribution in [0.1, 0.15) is 17.3 Å². The summed E-state index contributed by atoms with van der Waals surface area (Å²) in [4.78, 5) is 14.9. The Hall–Kier alpha value is -1.81. The zero-order chi connectivity index (χ0) is 11.7. The van der Waals surface area contributed by atoms with Crippen molar-refractivity contribution in [1.82, 2.24) is 4.98 Å². The van der Waals surface area contributed by atoms with E-state index in [1.165, 1.54) is 0 Å². The first-order chi connectivity index (χ1) is 7.65. The fraction of sp³-hybridized carbons (Fsp3) is 0.250. The van der Waals surface area contributed by atoms with E-state index in [4.69, 9.17) is 10.5 Å². The minimum absolute atomic E-state index is 0.111. The molecule has 0 amide bonds. The number of ketones is 1. The summed E-state index contributed by atoms with van der Waals surface area (Å²) in [5.74, 6) is 0.473. The number of benzene rings is 1. The molecule has 4 heteroatoms. The first-order valence-corrected chi connectivity index (χ1v) is 5.09. The van der Waals surface area contributed by atoms with Gasteiger partial charge in [-0.3, -0.25) is 4.79 Å². The molecule has 0 saturated heterocycles. The highest BCUT2D eigenvalue weighted by Crippen LogP contribution is 2.29. The number of nitrogens with two attached hydrogens (primary N) is 1. The zero-order valence-corrected chi connectivity index (χ0v) is 9.28. The lowest BCUT2D eigenvalue weighted by molar-refractivity contribution is 0.0965. The van der Waals surface area contributed by atoms with Gasteiger partial charge in [0.2, 0.25) is 0 Å². The predicted molar refractivity (Wildman–Crippen MR) is 62.8 cm³/mol. The highest BCUT2D eigenvalue weighted by Gasteiger charge is 2.18. The number of ether oxygens (including phenoxy) is 1. The molecule has 84 valence electrons. The third-order valence-electron chi connectivity index (χ3n) is 2.57. The van der Waals surface area contributed by atoms with Crippen molar-refractivity contribution in [3.8, 4) is 5.75 Å². The molecule has 0 aliphatic carbocycles. The molecule has 1 aromatic carbocycles. The van der Waals surface area contributed by atoms with Crippen molar-refractivity contribution in [1.29, 1.82) is 0 Å². The predicted octanol–water partition coefficient (Wildman–Crippen LogP) is 1.71. The van der Waals surface area contributed by atoms with Crippen molar-refractivity contribution in [2.24, 2.45) is 5.73 Å². The summed E-state index contributed by atoms with van der Waals surface area (Å²) in [5.41, 5.74) is 7.07. The molecule has 1 heterocycles. The van der Waals surface area contributed by atoms with Crippen LogP contribution in [-0.2, 0) is 0 Å². The smallest absolute Gasteiger partial charge is 0.182 e. The Balaban J connectivity index is 2.65. The van der Waals surface area contributed by atoms with Crippen molar-refractivity contribution >= 4 is 16.7 Å².